The number of imidazole rings is 1. The van der Waals surface area contributed by atoms with E-state index in [0.29, 0.717) is 11.8 Å². The summed E-state index contributed by atoms with van der Waals surface area (Å²) in [7, 11) is 2.96. The Labute approximate surface area is 111 Å². The maximum atomic E-state index is 12.0. The van der Waals surface area contributed by atoms with Gasteiger partial charge in [-0.25, -0.2) is 4.79 Å². The molecule has 0 spiro atoms. The molecule has 3 heterocycles. The monoisotopic (exact) mass is 277 g/mol. The van der Waals surface area contributed by atoms with E-state index >= 15 is 0 Å². The van der Waals surface area contributed by atoms with Crippen LogP contribution < -0.4 is 16.6 Å². The van der Waals surface area contributed by atoms with Crippen LogP contribution in [-0.2, 0) is 20.6 Å². The van der Waals surface area contributed by atoms with Crippen molar-refractivity contribution in [3.8, 4) is 0 Å². The van der Waals surface area contributed by atoms with Gasteiger partial charge in [-0.3, -0.25) is 13.9 Å². The van der Waals surface area contributed by atoms with E-state index in [2.05, 4.69) is 29.9 Å². The molecule has 0 aliphatic rings. The molecule has 0 aromatic carbocycles. The van der Waals surface area contributed by atoms with Gasteiger partial charge in [0.1, 0.15) is 0 Å². The van der Waals surface area contributed by atoms with Gasteiger partial charge in [0.2, 0.25) is 12.3 Å². The fourth-order valence-electron chi connectivity index (χ4n) is 1.84. The summed E-state index contributed by atoms with van der Waals surface area (Å²) in [6.07, 6.45) is 1.22. The van der Waals surface area contributed by atoms with E-state index in [9.17, 15) is 9.59 Å². The molecule has 2 N–H and O–H groups in total. The number of aromatic amines is 1. The summed E-state index contributed by atoms with van der Waals surface area (Å²) in [5, 5.41) is 6.55. The van der Waals surface area contributed by atoms with Gasteiger partial charge in [-0.1, -0.05) is 5.16 Å². The highest BCUT2D eigenvalue weighted by Crippen LogP contribution is 2.08. The van der Waals surface area contributed by atoms with Crippen LogP contribution in [0.2, 0.25) is 0 Å². The number of nitrogens with one attached hydrogen (secondary N) is 2. The average Bonchev–Trinajstić information content (AvgIpc) is 3.09. The summed E-state index contributed by atoms with van der Waals surface area (Å²) in [5.41, 5.74) is -0.319. The zero-order valence-electron chi connectivity index (χ0n) is 10.7. The smallest absolute Gasteiger partial charge is 0.332 e. The van der Waals surface area contributed by atoms with E-state index in [1.165, 1.54) is 18.0 Å². The van der Waals surface area contributed by atoms with Gasteiger partial charge in [-0.2, -0.15) is 9.97 Å². The van der Waals surface area contributed by atoms with Crippen molar-refractivity contribution in [3.05, 3.63) is 33.1 Å². The maximum Gasteiger partial charge on any atom is 0.332 e. The average molecular weight is 277 g/mol. The third-order valence-electron chi connectivity index (χ3n) is 2.92. The lowest BCUT2D eigenvalue weighted by molar-refractivity contribution is 0.411. The number of hydrogen-bond acceptors (Lipinski definition) is 7. The van der Waals surface area contributed by atoms with Crippen LogP contribution in [0, 0.1) is 0 Å². The molecule has 3 aromatic heterocycles. The van der Waals surface area contributed by atoms with Crippen molar-refractivity contribution in [3.63, 3.8) is 0 Å². The Bertz CT molecular complexity index is 871. The Hall–Kier alpha value is -2.91. The van der Waals surface area contributed by atoms with E-state index in [1.54, 1.807) is 7.05 Å². The van der Waals surface area contributed by atoms with Crippen LogP contribution in [0.3, 0.4) is 0 Å². The van der Waals surface area contributed by atoms with E-state index < -0.39 is 11.2 Å². The third-order valence-corrected chi connectivity index (χ3v) is 2.92. The molecule has 0 bridgehead atoms. The van der Waals surface area contributed by atoms with Gasteiger partial charge in [0.25, 0.3) is 5.56 Å². The summed E-state index contributed by atoms with van der Waals surface area (Å²) in [4.78, 5) is 34.6. The van der Waals surface area contributed by atoms with E-state index in [1.807, 2.05) is 0 Å². The van der Waals surface area contributed by atoms with Crippen LogP contribution in [0.15, 0.2) is 20.5 Å². The topological polar surface area (TPSA) is 124 Å². The van der Waals surface area contributed by atoms with Crippen molar-refractivity contribution < 1.29 is 4.52 Å². The summed E-state index contributed by atoms with van der Waals surface area (Å²) < 4.78 is 6.92. The van der Waals surface area contributed by atoms with Crippen LogP contribution in [0.25, 0.3) is 11.2 Å². The number of anilines is 1. The lowest BCUT2D eigenvalue weighted by Gasteiger charge is -2.00. The molecule has 0 saturated heterocycles. The molecule has 10 nitrogen and oxygen atoms in total. The molecule has 0 amide bonds. The maximum absolute atomic E-state index is 12.0. The second kappa shape index (κ2) is 4.33. The zero-order chi connectivity index (χ0) is 14.3. The minimum atomic E-state index is -0.432. The molecule has 3 aromatic rings. The quantitative estimate of drug-likeness (QED) is 0.626. The van der Waals surface area contributed by atoms with Gasteiger partial charge < -0.3 is 14.8 Å². The molecule has 0 fully saturated rings. The van der Waals surface area contributed by atoms with Gasteiger partial charge in [0, 0.05) is 14.1 Å². The zero-order valence-corrected chi connectivity index (χ0v) is 10.7. The molecule has 0 saturated carbocycles. The predicted molar refractivity (Wildman–Crippen MR) is 68.2 cm³/mol. The molecular weight excluding hydrogens is 266 g/mol. The Morgan fingerprint density at radius 3 is 2.85 bits per heavy atom. The molecule has 3 rings (SSSR count). The van der Waals surface area contributed by atoms with Crippen LogP contribution >= 0.6 is 0 Å². The fraction of sp³-hybridized carbons (Fsp3) is 0.300. The number of H-pyrrole nitrogens is 1. The molecule has 0 radical (unpaired) electrons. The van der Waals surface area contributed by atoms with Gasteiger partial charge in [0.15, 0.2) is 17.0 Å². The van der Waals surface area contributed by atoms with Gasteiger partial charge in [-0.15, -0.1) is 0 Å². The molecule has 10 heteroatoms. The number of hydrogen-bond donors (Lipinski definition) is 2. The first-order valence-corrected chi connectivity index (χ1v) is 5.73. The van der Waals surface area contributed by atoms with E-state index in [-0.39, 0.29) is 17.7 Å². The van der Waals surface area contributed by atoms with Crippen molar-refractivity contribution in [2.24, 2.45) is 14.1 Å². The molecule has 20 heavy (non-hydrogen) atoms. The highest BCUT2D eigenvalue weighted by molar-refractivity contribution is 5.72. The lowest BCUT2D eigenvalue weighted by atomic mass is 10.5. The molecule has 0 aliphatic carbocycles. The molecule has 0 unspecified atom stereocenters. The number of aromatic nitrogens is 6. The van der Waals surface area contributed by atoms with Crippen LogP contribution in [0.5, 0.6) is 0 Å². The number of nitrogens with zero attached hydrogens (tertiary/aromatic N) is 5. The van der Waals surface area contributed by atoms with Gasteiger partial charge in [-0.05, 0) is 0 Å². The predicted octanol–water partition coefficient (Wildman–Crippen LogP) is -1.04. The normalized spacial score (nSPS) is 11.1. The summed E-state index contributed by atoms with van der Waals surface area (Å²) in [5.74, 6) is 0.801. The number of aryl methyl sites for hydroxylation is 1. The number of rotatable bonds is 3. The summed E-state index contributed by atoms with van der Waals surface area (Å²) in [6, 6.07) is 0. The SMILES string of the molecule is Cn1c(=O)c2[nH]c(NCc3ncon3)nc2n(C)c1=O. The van der Waals surface area contributed by atoms with E-state index in [4.69, 9.17) is 0 Å². The van der Waals surface area contributed by atoms with Crippen LogP contribution in [0.4, 0.5) is 5.95 Å². The Kier molecular flexibility index (Phi) is 2.63. The van der Waals surface area contributed by atoms with Crippen molar-refractivity contribution in [1.82, 2.24) is 29.2 Å². The van der Waals surface area contributed by atoms with Gasteiger partial charge in [0.05, 0.1) is 6.54 Å². The van der Waals surface area contributed by atoms with Crippen molar-refractivity contribution >= 4 is 17.1 Å². The summed E-state index contributed by atoms with van der Waals surface area (Å²) in [6.45, 7) is 0.282. The van der Waals surface area contributed by atoms with Crippen molar-refractivity contribution in [1.29, 1.82) is 0 Å². The highest BCUT2D eigenvalue weighted by atomic mass is 16.5. The molecule has 104 valence electrons. The Balaban J connectivity index is 2.03. The first-order chi connectivity index (χ1) is 9.58. The van der Waals surface area contributed by atoms with Crippen LogP contribution in [-0.4, -0.2) is 29.2 Å². The second-order valence-corrected chi connectivity index (χ2v) is 4.19. The molecule has 0 atom stereocenters. The Morgan fingerprint density at radius 2 is 2.15 bits per heavy atom. The number of fused-ring (bicyclic) bond motifs is 1. The first kappa shape index (κ1) is 12.1. The van der Waals surface area contributed by atoms with E-state index in [0.717, 1.165) is 4.57 Å². The standard InChI is InChI=1S/C10H11N7O3/c1-16-7-6(8(18)17(2)10(16)19)13-9(14-7)11-3-5-12-4-20-15-5/h4H,3H2,1-2H3,(H2,11,13,14). The Morgan fingerprint density at radius 1 is 1.35 bits per heavy atom. The van der Waals surface area contributed by atoms with Gasteiger partial charge >= 0.3 is 5.69 Å². The fourth-order valence-corrected chi connectivity index (χ4v) is 1.84. The molecular formula is C10H11N7O3. The summed E-state index contributed by atoms with van der Waals surface area (Å²) >= 11 is 0. The first-order valence-electron chi connectivity index (χ1n) is 5.73. The minimum absolute atomic E-state index is 0.255. The minimum Gasteiger partial charge on any atom is -0.348 e. The third kappa shape index (κ3) is 1.77. The van der Waals surface area contributed by atoms with Crippen LogP contribution in [0.1, 0.15) is 5.82 Å². The second-order valence-electron chi connectivity index (χ2n) is 4.19. The van der Waals surface area contributed by atoms with Crippen molar-refractivity contribution in [2.45, 2.75) is 6.54 Å². The highest BCUT2D eigenvalue weighted by Gasteiger charge is 2.13. The largest absolute Gasteiger partial charge is 0.348 e. The lowest BCUT2D eigenvalue weighted by Crippen LogP contribution is -2.36. The van der Waals surface area contributed by atoms with Crippen molar-refractivity contribution in [2.75, 3.05) is 5.32 Å². The molecule has 0 aliphatic heterocycles.